The number of carbonyl (C=O) groups excluding carboxylic acids is 1. The first kappa shape index (κ1) is 14.6. The predicted octanol–water partition coefficient (Wildman–Crippen LogP) is 2.63. The molecule has 0 bridgehead atoms. The van der Waals surface area contributed by atoms with E-state index in [2.05, 4.69) is 4.74 Å². The number of ether oxygens (including phenoxy) is 2. The van der Waals surface area contributed by atoms with Crippen molar-refractivity contribution < 1.29 is 19.4 Å². The topological polar surface area (TPSA) is 55.8 Å². The highest BCUT2D eigenvalue weighted by molar-refractivity contribution is 5.36. The molecule has 0 unspecified atom stereocenters. The average molecular weight is 260 g/mol. The van der Waals surface area contributed by atoms with Gasteiger partial charge in [-0.05, 0) is 24.3 Å². The molecule has 100 valence electrons. The first-order chi connectivity index (χ1) is 9.33. The lowest BCUT2D eigenvalue weighted by atomic mass is 10.3. The SMILES string of the molecule is O=COCCOc1ccccc1.Oc1ccccc1. The molecule has 0 amide bonds. The van der Waals surface area contributed by atoms with E-state index in [9.17, 15) is 4.79 Å². The van der Waals surface area contributed by atoms with Crippen LogP contribution in [0.15, 0.2) is 60.7 Å². The van der Waals surface area contributed by atoms with Crippen molar-refractivity contribution in [1.29, 1.82) is 0 Å². The molecule has 2 rings (SSSR count). The first-order valence-corrected chi connectivity index (χ1v) is 5.80. The molecule has 0 aliphatic heterocycles. The molecule has 0 heterocycles. The van der Waals surface area contributed by atoms with Crippen molar-refractivity contribution in [2.24, 2.45) is 0 Å². The van der Waals surface area contributed by atoms with Gasteiger partial charge in [0.1, 0.15) is 24.7 Å². The van der Waals surface area contributed by atoms with Gasteiger partial charge in [-0.15, -0.1) is 0 Å². The van der Waals surface area contributed by atoms with Gasteiger partial charge in [-0.3, -0.25) is 4.79 Å². The van der Waals surface area contributed by atoms with Crippen LogP contribution in [-0.2, 0) is 9.53 Å². The first-order valence-electron chi connectivity index (χ1n) is 5.80. The Bertz CT molecular complexity index is 442. The van der Waals surface area contributed by atoms with Crippen molar-refractivity contribution in [1.82, 2.24) is 0 Å². The number of carbonyl (C=O) groups is 1. The standard InChI is InChI=1S/C9H10O3.C6H6O/c10-8-11-6-7-12-9-4-2-1-3-5-9;7-6-4-2-1-3-5-6/h1-5,8H,6-7H2;1-5,7H. The number of hydrogen-bond acceptors (Lipinski definition) is 4. The van der Waals surface area contributed by atoms with Gasteiger partial charge in [-0.1, -0.05) is 36.4 Å². The molecule has 1 N–H and O–H groups in total. The molecule has 0 saturated heterocycles. The van der Waals surface area contributed by atoms with Crippen molar-refractivity contribution in [3.05, 3.63) is 60.7 Å². The van der Waals surface area contributed by atoms with E-state index in [1.54, 1.807) is 24.3 Å². The van der Waals surface area contributed by atoms with E-state index < -0.39 is 0 Å². The quantitative estimate of drug-likeness (QED) is 0.663. The van der Waals surface area contributed by atoms with Crippen LogP contribution in [0.5, 0.6) is 11.5 Å². The average Bonchev–Trinajstić information content (AvgIpc) is 2.46. The molecule has 4 nitrogen and oxygen atoms in total. The largest absolute Gasteiger partial charge is 0.508 e. The third-order valence-electron chi connectivity index (χ3n) is 2.04. The summed E-state index contributed by atoms with van der Waals surface area (Å²) in [6, 6.07) is 18.1. The fourth-order valence-electron chi connectivity index (χ4n) is 1.20. The number of phenolic OH excluding ortho intramolecular Hbond substituents is 1. The summed E-state index contributed by atoms with van der Waals surface area (Å²) in [5, 5.41) is 8.63. The minimum absolute atomic E-state index is 0.290. The maximum absolute atomic E-state index is 9.74. The Morgan fingerprint density at radius 1 is 0.895 bits per heavy atom. The van der Waals surface area contributed by atoms with Crippen LogP contribution in [0.2, 0.25) is 0 Å². The minimum Gasteiger partial charge on any atom is -0.508 e. The Balaban J connectivity index is 0.000000218. The van der Waals surface area contributed by atoms with Gasteiger partial charge in [-0.25, -0.2) is 0 Å². The summed E-state index contributed by atoms with van der Waals surface area (Å²) in [4.78, 5) is 9.74. The summed E-state index contributed by atoms with van der Waals surface area (Å²) in [6.07, 6.45) is 0. The molecule has 0 spiro atoms. The monoisotopic (exact) mass is 260 g/mol. The van der Waals surface area contributed by atoms with Crippen LogP contribution in [0.4, 0.5) is 0 Å². The molecule has 0 aliphatic carbocycles. The summed E-state index contributed by atoms with van der Waals surface area (Å²) in [6.45, 7) is 1.09. The Morgan fingerprint density at radius 3 is 1.95 bits per heavy atom. The number of phenols is 1. The normalized spacial score (nSPS) is 8.84. The van der Waals surface area contributed by atoms with Crippen molar-refractivity contribution in [3.8, 4) is 11.5 Å². The van der Waals surface area contributed by atoms with E-state index in [0.29, 0.717) is 25.4 Å². The Labute approximate surface area is 112 Å². The van der Waals surface area contributed by atoms with E-state index in [0.717, 1.165) is 5.75 Å². The molecule has 19 heavy (non-hydrogen) atoms. The van der Waals surface area contributed by atoms with Crippen molar-refractivity contribution in [2.75, 3.05) is 13.2 Å². The second kappa shape index (κ2) is 9.53. The molecule has 2 aromatic carbocycles. The number of benzene rings is 2. The summed E-state index contributed by atoms with van der Waals surface area (Å²) in [7, 11) is 0. The number of rotatable bonds is 5. The Morgan fingerprint density at radius 2 is 1.47 bits per heavy atom. The van der Waals surface area contributed by atoms with Gasteiger partial charge in [0.15, 0.2) is 0 Å². The lowest BCUT2D eigenvalue weighted by Crippen LogP contribution is -2.05. The smallest absolute Gasteiger partial charge is 0.293 e. The molecule has 0 aliphatic rings. The van der Waals surface area contributed by atoms with Crippen LogP contribution in [0.25, 0.3) is 0 Å². The molecule has 4 heteroatoms. The summed E-state index contributed by atoms with van der Waals surface area (Å²) in [5.41, 5.74) is 0. The Kier molecular flexibility index (Phi) is 7.31. The van der Waals surface area contributed by atoms with E-state index in [-0.39, 0.29) is 0 Å². The van der Waals surface area contributed by atoms with E-state index in [1.807, 2.05) is 36.4 Å². The van der Waals surface area contributed by atoms with Gasteiger partial charge in [0.2, 0.25) is 0 Å². The maximum Gasteiger partial charge on any atom is 0.293 e. The summed E-state index contributed by atoms with van der Waals surface area (Å²) < 4.78 is 9.67. The van der Waals surface area contributed by atoms with Crippen molar-refractivity contribution in [2.45, 2.75) is 0 Å². The second-order valence-corrected chi connectivity index (χ2v) is 3.46. The predicted molar refractivity (Wildman–Crippen MR) is 72.1 cm³/mol. The number of aromatic hydroxyl groups is 1. The highest BCUT2D eigenvalue weighted by Crippen LogP contribution is 2.07. The fourth-order valence-corrected chi connectivity index (χ4v) is 1.20. The molecular weight excluding hydrogens is 244 g/mol. The lowest BCUT2D eigenvalue weighted by molar-refractivity contribution is -0.129. The maximum atomic E-state index is 9.74. The molecule has 2 aromatic rings. The zero-order valence-corrected chi connectivity index (χ0v) is 10.4. The van der Waals surface area contributed by atoms with Gasteiger partial charge >= 0.3 is 0 Å². The van der Waals surface area contributed by atoms with Crippen molar-refractivity contribution >= 4 is 6.47 Å². The fraction of sp³-hybridized carbons (Fsp3) is 0.133. The molecule has 0 atom stereocenters. The Hall–Kier alpha value is -2.49. The van der Waals surface area contributed by atoms with Gasteiger partial charge in [-0.2, -0.15) is 0 Å². The van der Waals surface area contributed by atoms with Crippen LogP contribution in [0.1, 0.15) is 0 Å². The highest BCUT2D eigenvalue weighted by Gasteiger charge is 1.89. The van der Waals surface area contributed by atoms with Gasteiger partial charge in [0.25, 0.3) is 6.47 Å². The van der Waals surface area contributed by atoms with Gasteiger partial charge in [0, 0.05) is 0 Å². The molecular formula is C15H16O4. The van der Waals surface area contributed by atoms with E-state index in [4.69, 9.17) is 9.84 Å². The van der Waals surface area contributed by atoms with Gasteiger partial charge in [0.05, 0.1) is 0 Å². The third kappa shape index (κ3) is 7.44. The third-order valence-corrected chi connectivity index (χ3v) is 2.04. The summed E-state index contributed by atoms with van der Waals surface area (Å²) >= 11 is 0. The molecule has 0 radical (unpaired) electrons. The van der Waals surface area contributed by atoms with E-state index in [1.165, 1.54) is 0 Å². The van der Waals surface area contributed by atoms with E-state index >= 15 is 0 Å². The minimum atomic E-state index is 0.290. The molecule has 0 aromatic heterocycles. The number of hydrogen-bond donors (Lipinski definition) is 1. The van der Waals surface area contributed by atoms with Gasteiger partial charge < -0.3 is 14.6 Å². The van der Waals surface area contributed by atoms with Crippen LogP contribution in [-0.4, -0.2) is 24.8 Å². The van der Waals surface area contributed by atoms with Crippen LogP contribution in [0.3, 0.4) is 0 Å². The van der Waals surface area contributed by atoms with Crippen molar-refractivity contribution in [3.63, 3.8) is 0 Å². The highest BCUT2D eigenvalue weighted by atomic mass is 16.5. The zero-order chi connectivity index (χ0) is 13.8. The summed E-state index contributed by atoms with van der Waals surface area (Å²) in [5.74, 6) is 1.11. The van der Waals surface area contributed by atoms with Crippen LogP contribution in [0, 0.1) is 0 Å². The van der Waals surface area contributed by atoms with Crippen LogP contribution >= 0.6 is 0 Å². The zero-order valence-electron chi connectivity index (χ0n) is 10.4. The molecule has 0 fully saturated rings. The van der Waals surface area contributed by atoms with Crippen LogP contribution < -0.4 is 4.74 Å². The number of para-hydroxylation sites is 2. The lowest BCUT2D eigenvalue weighted by Gasteiger charge is -2.03. The molecule has 0 saturated carbocycles. The second-order valence-electron chi connectivity index (χ2n) is 3.46.